The lowest BCUT2D eigenvalue weighted by molar-refractivity contribution is -0.146. The molecule has 23 heavy (non-hydrogen) atoms. The highest BCUT2D eigenvalue weighted by atomic mass is 16.5. The number of anilines is 1. The fourth-order valence-electron chi connectivity index (χ4n) is 2.95. The van der Waals surface area contributed by atoms with E-state index < -0.39 is 5.60 Å². The van der Waals surface area contributed by atoms with Gasteiger partial charge in [0.05, 0.1) is 0 Å². The molecule has 1 saturated heterocycles. The van der Waals surface area contributed by atoms with Crippen molar-refractivity contribution in [1.82, 2.24) is 15.6 Å². The number of carbonyl (C=O) groups excluding carboxylic acids is 1. The van der Waals surface area contributed by atoms with Crippen molar-refractivity contribution >= 4 is 11.7 Å². The average Bonchev–Trinajstić information content (AvgIpc) is 2.62. The number of hydrogen-bond donors (Lipinski definition) is 2. The van der Waals surface area contributed by atoms with Crippen molar-refractivity contribution in [3.05, 3.63) is 23.9 Å². The highest BCUT2D eigenvalue weighted by Crippen LogP contribution is 2.22. The summed E-state index contributed by atoms with van der Waals surface area (Å²) in [5.41, 5.74) is 0.300. The molecule has 0 atom stereocenters. The monoisotopic (exact) mass is 320 g/mol. The third-order valence-electron chi connectivity index (χ3n) is 4.57. The van der Waals surface area contributed by atoms with E-state index in [0.29, 0.717) is 19.4 Å². The van der Waals surface area contributed by atoms with Crippen LogP contribution in [0.2, 0.25) is 0 Å². The molecular weight excluding hydrogens is 292 g/mol. The first-order chi connectivity index (χ1) is 11.1. The molecule has 2 heterocycles. The molecule has 0 radical (unpaired) electrons. The van der Waals surface area contributed by atoms with Crippen LogP contribution in [0, 0.1) is 0 Å². The molecule has 2 N–H and O–H groups in total. The molecule has 1 aliphatic heterocycles. The molecule has 1 fully saturated rings. The first-order valence-electron chi connectivity index (χ1n) is 8.39. The largest absolute Gasteiger partial charge is 0.368 e. The predicted molar refractivity (Wildman–Crippen MR) is 91.5 cm³/mol. The highest BCUT2D eigenvalue weighted by Gasteiger charge is 2.39. The maximum absolute atomic E-state index is 12.5. The van der Waals surface area contributed by atoms with Gasteiger partial charge in [0, 0.05) is 32.9 Å². The number of methoxy groups -OCH3 is 1. The Labute approximate surface area is 138 Å². The molecule has 0 aromatic carbocycles. The molecule has 0 aliphatic carbocycles. The van der Waals surface area contributed by atoms with E-state index in [4.69, 9.17) is 4.74 Å². The Kier molecular flexibility index (Phi) is 6.36. The van der Waals surface area contributed by atoms with Crippen LogP contribution in [-0.2, 0) is 16.1 Å². The first kappa shape index (κ1) is 17.7. The minimum absolute atomic E-state index is 0.0330. The zero-order chi connectivity index (χ0) is 16.7. The van der Waals surface area contributed by atoms with Crippen LogP contribution >= 0.6 is 0 Å². The fourth-order valence-corrected chi connectivity index (χ4v) is 2.95. The molecule has 6 heteroatoms. The van der Waals surface area contributed by atoms with Gasteiger partial charge >= 0.3 is 0 Å². The van der Waals surface area contributed by atoms with E-state index in [-0.39, 0.29) is 5.91 Å². The zero-order valence-corrected chi connectivity index (χ0v) is 14.4. The second-order valence-electron chi connectivity index (χ2n) is 5.83. The van der Waals surface area contributed by atoms with Crippen LogP contribution in [0.15, 0.2) is 18.3 Å². The number of aromatic nitrogens is 1. The molecule has 0 bridgehead atoms. The standard InChI is InChI=1S/C17H28N4O2/c1-4-21(5-2)15-7-6-14(12-19-15)13-20-16(22)17(23-3)8-10-18-11-9-17/h6-7,12,18H,4-5,8-11,13H2,1-3H3,(H,20,22). The van der Waals surface area contributed by atoms with Gasteiger partial charge in [0.15, 0.2) is 0 Å². The number of pyridine rings is 1. The van der Waals surface area contributed by atoms with Crippen LogP contribution in [-0.4, -0.2) is 49.8 Å². The summed E-state index contributed by atoms with van der Waals surface area (Å²) in [6.45, 7) is 8.19. The van der Waals surface area contributed by atoms with Crippen molar-refractivity contribution < 1.29 is 9.53 Å². The number of hydrogen-bond acceptors (Lipinski definition) is 5. The van der Waals surface area contributed by atoms with Crippen LogP contribution in [0.25, 0.3) is 0 Å². The Bertz CT molecular complexity index is 494. The number of carbonyl (C=O) groups is 1. The zero-order valence-electron chi connectivity index (χ0n) is 14.4. The van der Waals surface area contributed by atoms with E-state index in [1.54, 1.807) is 7.11 Å². The van der Waals surface area contributed by atoms with Crippen LogP contribution in [0.3, 0.4) is 0 Å². The van der Waals surface area contributed by atoms with Crippen molar-refractivity contribution in [3.63, 3.8) is 0 Å². The summed E-state index contributed by atoms with van der Waals surface area (Å²) >= 11 is 0. The minimum Gasteiger partial charge on any atom is -0.368 e. The lowest BCUT2D eigenvalue weighted by Gasteiger charge is -2.34. The molecule has 0 saturated carbocycles. The molecule has 6 nitrogen and oxygen atoms in total. The lowest BCUT2D eigenvalue weighted by atomic mass is 9.91. The Morgan fingerprint density at radius 1 is 1.35 bits per heavy atom. The van der Waals surface area contributed by atoms with Gasteiger partial charge in [0.1, 0.15) is 11.4 Å². The topological polar surface area (TPSA) is 66.5 Å². The Morgan fingerprint density at radius 2 is 2.04 bits per heavy atom. The lowest BCUT2D eigenvalue weighted by Crippen LogP contribution is -2.53. The van der Waals surface area contributed by atoms with Crippen molar-refractivity contribution in [2.75, 3.05) is 38.2 Å². The Balaban J connectivity index is 1.93. The van der Waals surface area contributed by atoms with Gasteiger partial charge < -0.3 is 20.3 Å². The summed E-state index contributed by atoms with van der Waals surface area (Å²) < 4.78 is 5.53. The van der Waals surface area contributed by atoms with Gasteiger partial charge in [-0.05, 0) is 51.4 Å². The van der Waals surface area contributed by atoms with E-state index in [9.17, 15) is 4.79 Å². The van der Waals surface area contributed by atoms with Crippen molar-refractivity contribution in [2.45, 2.75) is 38.8 Å². The maximum Gasteiger partial charge on any atom is 0.252 e. The molecule has 1 aromatic heterocycles. The van der Waals surface area contributed by atoms with Crippen molar-refractivity contribution in [2.24, 2.45) is 0 Å². The number of nitrogens with zero attached hydrogens (tertiary/aromatic N) is 2. The summed E-state index contributed by atoms with van der Waals surface area (Å²) in [5, 5.41) is 6.25. The van der Waals surface area contributed by atoms with Gasteiger partial charge in [-0.2, -0.15) is 0 Å². The Hall–Kier alpha value is -1.66. The molecule has 0 spiro atoms. The first-order valence-corrected chi connectivity index (χ1v) is 8.39. The molecule has 1 aliphatic rings. The van der Waals surface area contributed by atoms with Gasteiger partial charge in [0.2, 0.25) is 0 Å². The quantitative estimate of drug-likeness (QED) is 0.793. The van der Waals surface area contributed by atoms with Gasteiger partial charge in [0.25, 0.3) is 5.91 Å². The second-order valence-corrected chi connectivity index (χ2v) is 5.83. The number of rotatable bonds is 7. The number of amides is 1. The van der Waals surface area contributed by atoms with Gasteiger partial charge in [-0.15, -0.1) is 0 Å². The molecule has 1 amide bonds. The second kappa shape index (κ2) is 8.26. The minimum atomic E-state index is -0.695. The average molecular weight is 320 g/mol. The van der Waals surface area contributed by atoms with Crippen molar-refractivity contribution in [3.8, 4) is 0 Å². The molecule has 128 valence electrons. The summed E-state index contributed by atoms with van der Waals surface area (Å²) in [5.74, 6) is 0.936. The number of piperidine rings is 1. The SMILES string of the molecule is CCN(CC)c1ccc(CNC(=O)C2(OC)CCNCC2)cn1. The van der Waals surface area contributed by atoms with E-state index in [2.05, 4.69) is 34.4 Å². The summed E-state index contributed by atoms with van der Waals surface area (Å²) in [7, 11) is 1.62. The van der Waals surface area contributed by atoms with Crippen LogP contribution in [0.4, 0.5) is 5.82 Å². The summed E-state index contributed by atoms with van der Waals surface area (Å²) in [6, 6.07) is 4.02. The molecule has 1 aromatic rings. The van der Waals surface area contributed by atoms with Gasteiger partial charge in [-0.1, -0.05) is 6.07 Å². The molecule has 0 unspecified atom stereocenters. The van der Waals surface area contributed by atoms with Gasteiger partial charge in [-0.3, -0.25) is 4.79 Å². The third-order valence-corrected chi connectivity index (χ3v) is 4.57. The predicted octanol–water partition coefficient (Wildman–Crippen LogP) is 1.31. The number of ether oxygens (including phenoxy) is 1. The fraction of sp³-hybridized carbons (Fsp3) is 0.647. The Morgan fingerprint density at radius 3 is 2.57 bits per heavy atom. The van der Waals surface area contributed by atoms with E-state index in [1.165, 1.54) is 0 Å². The highest BCUT2D eigenvalue weighted by molar-refractivity contribution is 5.85. The smallest absolute Gasteiger partial charge is 0.252 e. The maximum atomic E-state index is 12.5. The molecule has 2 rings (SSSR count). The van der Waals surface area contributed by atoms with Crippen LogP contribution < -0.4 is 15.5 Å². The normalized spacial score (nSPS) is 16.8. The van der Waals surface area contributed by atoms with Gasteiger partial charge in [-0.25, -0.2) is 4.98 Å². The van der Waals surface area contributed by atoms with Crippen molar-refractivity contribution in [1.29, 1.82) is 0 Å². The summed E-state index contributed by atoms with van der Waals surface area (Å²) in [4.78, 5) is 19.2. The number of nitrogens with one attached hydrogen (secondary N) is 2. The van der Waals surface area contributed by atoms with E-state index in [1.807, 2.05) is 18.3 Å². The summed E-state index contributed by atoms with van der Waals surface area (Å²) in [6.07, 6.45) is 3.23. The molecular formula is C17H28N4O2. The van der Waals surface area contributed by atoms with E-state index >= 15 is 0 Å². The third kappa shape index (κ3) is 4.20. The van der Waals surface area contributed by atoms with E-state index in [0.717, 1.165) is 37.6 Å². The van der Waals surface area contributed by atoms with Crippen LogP contribution in [0.5, 0.6) is 0 Å². The van der Waals surface area contributed by atoms with Crippen LogP contribution in [0.1, 0.15) is 32.3 Å².